The van der Waals surface area contributed by atoms with E-state index in [4.69, 9.17) is 28.4 Å². The Labute approximate surface area is 387 Å². The van der Waals surface area contributed by atoms with Crippen molar-refractivity contribution in [3.8, 4) is 0 Å². The molecule has 0 aromatic rings. The van der Waals surface area contributed by atoms with Gasteiger partial charge in [-0.3, -0.25) is 4.79 Å². The van der Waals surface area contributed by atoms with E-state index in [1.807, 2.05) is 0 Å². The highest BCUT2D eigenvalue weighted by Crippen LogP contribution is 2.76. The molecule has 0 radical (unpaired) electrons. The number of carbonyl (C=O) groups excluding carboxylic acids is 1. The average Bonchev–Trinajstić information content (AvgIpc) is 3.26. The topological polar surface area (TPSA) is 295 Å². The molecule has 66 heavy (non-hydrogen) atoms. The number of hydrogen-bond donors (Lipinski definition) is 11. The van der Waals surface area contributed by atoms with Crippen LogP contribution >= 0.6 is 0 Å². The summed E-state index contributed by atoms with van der Waals surface area (Å²) in [7, 11) is 0. The van der Waals surface area contributed by atoms with Gasteiger partial charge in [0, 0.05) is 0 Å². The van der Waals surface area contributed by atoms with Crippen molar-refractivity contribution in [3.05, 3.63) is 11.6 Å². The zero-order valence-electron chi connectivity index (χ0n) is 39.5. The summed E-state index contributed by atoms with van der Waals surface area (Å²) < 4.78 is 35.7. The lowest BCUT2D eigenvalue weighted by molar-refractivity contribution is -0.369. The van der Waals surface area contributed by atoms with E-state index < -0.39 is 135 Å². The summed E-state index contributed by atoms with van der Waals surface area (Å²) in [5.74, 6) is -0.189. The molecule has 0 bridgehead atoms. The fourth-order valence-corrected chi connectivity index (χ4v) is 15.0. The van der Waals surface area contributed by atoms with E-state index in [0.717, 1.165) is 44.9 Å². The molecular weight excluding hydrogens is 865 g/mol. The van der Waals surface area contributed by atoms with Gasteiger partial charge in [-0.2, -0.15) is 0 Å². The van der Waals surface area contributed by atoms with E-state index in [2.05, 4.69) is 54.5 Å². The summed E-state index contributed by atoms with van der Waals surface area (Å²) in [6, 6.07) is 0. The predicted octanol–water partition coefficient (Wildman–Crippen LogP) is 0.141. The van der Waals surface area contributed by atoms with Crippen molar-refractivity contribution in [3.63, 3.8) is 0 Å². The van der Waals surface area contributed by atoms with Crippen LogP contribution in [0, 0.1) is 50.2 Å². The van der Waals surface area contributed by atoms with Gasteiger partial charge in [-0.1, -0.05) is 60.1 Å². The highest BCUT2D eigenvalue weighted by molar-refractivity contribution is 5.79. The second-order valence-corrected chi connectivity index (χ2v) is 23.5. The quantitative estimate of drug-likeness (QED) is 0.0833. The van der Waals surface area contributed by atoms with Gasteiger partial charge in [0.15, 0.2) is 12.6 Å². The largest absolute Gasteiger partial charge is 0.432 e. The second kappa shape index (κ2) is 18.0. The Hall–Kier alpha value is -1.43. The van der Waals surface area contributed by atoms with Crippen LogP contribution in [0.1, 0.15) is 113 Å². The Bertz CT molecular complexity index is 1790. The molecule has 378 valence electrons. The van der Waals surface area contributed by atoms with Crippen LogP contribution in [0.15, 0.2) is 11.6 Å². The zero-order chi connectivity index (χ0) is 48.3. The molecule has 8 rings (SSSR count). The minimum Gasteiger partial charge on any atom is -0.432 e. The first-order valence-electron chi connectivity index (χ1n) is 24.3. The second-order valence-electron chi connectivity index (χ2n) is 23.5. The summed E-state index contributed by atoms with van der Waals surface area (Å²) in [6.45, 7) is 14.1. The van der Waals surface area contributed by atoms with Gasteiger partial charge in [0.2, 0.25) is 6.29 Å². The molecule has 5 aliphatic carbocycles. The van der Waals surface area contributed by atoms with Crippen LogP contribution in [0.5, 0.6) is 0 Å². The van der Waals surface area contributed by atoms with E-state index in [9.17, 15) is 61.0 Å². The maximum absolute atomic E-state index is 14.7. The fraction of sp³-hybridized carbons (Fsp3) is 0.938. The number of rotatable bonds is 9. The molecule has 4 saturated carbocycles. The van der Waals surface area contributed by atoms with Crippen LogP contribution in [-0.4, -0.2) is 180 Å². The molecule has 7 fully saturated rings. The van der Waals surface area contributed by atoms with Crippen LogP contribution in [-0.2, 0) is 33.2 Å². The first-order chi connectivity index (χ1) is 30.9. The standard InChI is InChI=1S/C48H78O18/c1-43(2)14-16-48(42(60)66-40-36(58)34(56)31(53)25(20-50)62-40)17-15-46(6)22(23(48)18-43)8-9-28-45(5)12-11-29(44(3,4)27(45)10-13-47(28,46)7)64-41-37(59)38(32(54)26(21-51)63-41)65-39-35(57)33(55)30(52)24(19-49)61-39/h8,23-41,49-59H,9-21H2,1-7H3/t23-,24+,25+,26+,27-,28+,29-,30-,31+,32+,33-,34-,35+,36+,37+,38-,39-,40-,41-,45-,46+,47+,48-/m0/s1. The van der Waals surface area contributed by atoms with Gasteiger partial charge in [0.1, 0.15) is 73.2 Å². The van der Waals surface area contributed by atoms with E-state index >= 15 is 0 Å². The smallest absolute Gasteiger partial charge is 0.315 e. The lowest BCUT2D eigenvalue weighted by Gasteiger charge is -2.71. The molecule has 3 aliphatic heterocycles. The van der Waals surface area contributed by atoms with Crippen LogP contribution in [0.4, 0.5) is 0 Å². The van der Waals surface area contributed by atoms with E-state index in [-0.39, 0.29) is 39.4 Å². The molecule has 0 spiro atoms. The Balaban J connectivity index is 1.02. The van der Waals surface area contributed by atoms with Crippen LogP contribution in [0.25, 0.3) is 0 Å². The first kappa shape index (κ1) is 50.9. The van der Waals surface area contributed by atoms with Crippen LogP contribution < -0.4 is 0 Å². The Kier molecular flexibility index (Phi) is 13.9. The average molecular weight is 943 g/mol. The van der Waals surface area contributed by atoms with E-state index in [1.54, 1.807) is 0 Å². The van der Waals surface area contributed by atoms with Crippen molar-refractivity contribution < 1.29 is 89.4 Å². The minimum atomic E-state index is -1.79. The SMILES string of the molecule is CC1(C)CC[C@]2(C(=O)O[C@@H]3O[C@H](CO)[C@@H](O)[C@H](O)[C@H]3O)CC[C@]3(C)C(=CC[C@@H]4[C@@]5(C)CC[C@H](O[C@@H]6O[C@H](CO)[C@@H](O)[C@H](O[C@@H]7O[C@H](CO)[C@H](O)[C@H](O)[C@H]7O)[C@H]6O)C(C)(C)[C@@H]5CC[C@]43C)[C@@H]2C1. The molecule has 3 heterocycles. The lowest BCUT2D eigenvalue weighted by atomic mass is 9.33. The molecule has 0 aromatic carbocycles. The van der Waals surface area contributed by atoms with Crippen LogP contribution in [0.2, 0.25) is 0 Å². The molecule has 0 aromatic heterocycles. The third-order valence-electron chi connectivity index (χ3n) is 19.3. The molecule has 0 amide bonds. The molecule has 18 nitrogen and oxygen atoms in total. The van der Waals surface area contributed by atoms with Crippen molar-refractivity contribution in [1.29, 1.82) is 0 Å². The summed E-state index contributed by atoms with van der Waals surface area (Å²) in [5, 5.41) is 116. The van der Waals surface area contributed by atoms with Gasteiger partial charge in [-0.25, -0.2) is 0 Å². The molecule has 0 unspecified atom stereocenters. The molecule has 8 aliphatic rings. The van der Waals surface area contributed by atoms with Crippen molar-refractivity contribution >= 4 is 5.97 Å². The van der Waals surface area contributed by atoms with Gasteiger partial charge in [-0.05, 0) is 109 Å². The summed E-state index contributed by atoms with van der Waals surface area (Å²) in [4.78, 5) is 14.7. The normalized spacial score (nSPS) is 53.3. The predicted molar refractivity (Wildman–Crippen MR) is 230 cm³/mol. The maximum Gasteiger partial charge on any atom is 0.315 e. The lowest BCUT2D eigenvalue weighted by Crippen LogP contribution is -2.67. The fourth-order valence-electron chi connectivity index (χ4n) is 15.0. The van der Waals surface area contributed by atoms with Crippen molar-refractivity contribution in [2.45, 2.75) is 211 Å². The summed E-state index contributed by atoms with van der Waals surface area (Å²) in [6.07, 6.45) is -13.7. The molecule has 11 N–H and O–H groups in total. The highest BCUT2D eigenvalue weighted by Gasteiger charge is 2.70. The number of fused-ring (bicyclic) bond motifs is 7. The molecule has 18 heteroatoms. The van der Waals surface area contributed by atoms with Gasteiger partial charge in [0.05, 0.1) is 31.3 Å². The zero-order valence-corrected chi connectivity index (χ0v) is 39.5. The van der Waals surface area contributed by atoms with Gasteiger partial charge in [0.25, 0.3) is 0 Å². The third-order valence-corrected chi connectivity index (χ3v) is 19.3. The highest BCUT2D eigenvalue weighted by atomic mass is 16.7. The molecular formula is C48H78O18. The van der Waals surface area contributed by atoms with Gasteiger partial charge >= 0.3 is 5.97 Å². The number of carbonyl (C=O) groups is 1. The maximum atomic E-state index is 14.7. The summed E-state index contributed by atoms with van der Waals surface area (Å²) in [5.41, 5.74) is -0.674. The number of aliphatic hydroxyl groups excluding tert-OH is 11. The van der Waals surface area contributed by atoms with E-state index in [1.165, 1.54) is 5.57 Å². The van der Waals surface area contributed by atoms with Crippen molar-refractivity contribution in [1.82, 2.24) is 0 Å². The van der Waals surface area contributed by atoms with Crippen molar-refractivity contribution in [2.24, 2.45) is 50.2 Å². The first-order valence-corrected chi connectivity index (χ1v) is 24.3. The Morgan fingerprint density at radius 2 is 1.15 bits per heavy atom. The number of esters is 1. The van der Waals surface area contributed by atoms with Crippen LogP contribution in [0.3, 0.4) is 0 Å². The van der Waals surface area contributed by atoms with Gasteiger partial charge < -0.3 is 84.6 Å². The number of allylic oxidation sites excluding steroid dienone is 2. The number of aliphatic hydroxyl groups is 11. The monoisotopic (exact) mass is 943 g/mol. The number of hydrogen-bond acceptors (Lipinski definition) is 18. The number of ether oxygens (including phenoxy) is 6. The Morgan fingerprint density at radius 1 is 0.606 bits per heavy atom. The minimum absolute atomic E-state index is 0.0581. The molecule has 23 atom stereocenters. The summed E-state index contributed by atoms with van der Waals surface area (Å²) >= 11 is 0. The third kappa shape index (κ3) is 7.87. The molecule has 3 saturated heterocycles. The van der Waals surface area contributed by atoms with Crippen molar-refractivity contribution in [2.75, 3.05) is 19.8 Å². The van der Waals surface area contributed by atoms with E-state index in [0.29, 0.717) is 19.3 Å². The van der Waals surface area contributed by atoms with Gasteiger partial charge in [-0.15, -0.1) is 0 Å². The Morgan fingerprint density at radius 3 is 1.76 bits per heavy atom.